The third-order valence-corrected chi connectivity index (χ3v) is 3.18. The zero-order valence-electron chi connectivity index (χ0n) is 13.5. The Labute approximate surface area is 148 Å². The lowest BCUT2D eigenvalue weighted by atomic mass is 10.1. The maximum atomic E-state index is 10.6. The van der Waals surface area contributed by atoms with Gasteiger partial charge in [-0.3, -0.25) is 9.59 Å². The Hall–Kier alpha value is -3.68. The molecule has 0 atom stereocenters. The Bertz CT molecular complexity index is 756. The average molecular weight is 360 g/mol. The zero-order chi connectivity index (χ0) is 19.7. The molecule has 0 unspecified atom stereocenters. The molecule has 136 valence electrons. The molecule has 0 aliphatic rings. The molecule has 0 spiro atoms. The van der Waals surface area contributed by atoms with Gasteiger partial charge in [0.15, 0.2) is 0 Å². The molecule has 0 aromatic heterocycles. The van der Waals surface area contributed by atoms with Crippen LogP contribution in [0, 0.1) is 0 Å². The van der Waals surface area contributed by atoms with E-state index in [0.29, 0.717) is 11.1 Å². The van der Waals surface area contributed by atoms with Gasteiger partial charge in [-0.15, -0.1) is 0 Å². The molecule has 4 N–H and O–H groups in total. The van der Waals surface area contributed by atoms with Crippen molar-refractivity contribution in [3.63, 3.8) is 0 Å². The van der Waals surface area contributed by atoms with Crippen LogP contribution < -0.4 is 0 Å². The maximum Gasteiger partial charge on any atom is 0.335 e. The maximum absolute atomic E-state index is 10.6. The number of aromatic carboxylic acids is 2. The van der Waals surface area contributed by atoms with Crippen molar-refractivity contribution >= 4 is 23.9 Å². The second-order valence-electron chi connectivity index (χ2n) is 5.07. The number of hydrogen-bond donors (Lipinski definition) is 4. The fourth-order valence-corrected chi connectivity index (χ4v) is 2.09. The predicted octanol–water partition coefficient (Wildman–Crippen LogP) is 2.02. The Morgan fingerprint density at radius 1 is 0.577 bits per heavy atom. The first-order valence-corrected chi connectivity index (χ1v) is 7.28. The van der Waals surface area contributed by atoms with Gasteiger partial charge in [0, 0.05) is 0 Å². The van der Waals surface area contributed by atoms with Crippen LogP contribution in [0.25, 0.3) is 0 Å². The second-order valence-corrected chi connectivity index (χ2v) is 5.07. The minimum absolute atomic E-state index is 0.0462. The van der Waals surface area contributed by atoms with Gasteiger partial charge in [0.25, 0.3) is 0 Å². The normalized spacial score (nSPS) is 9.54. The van der Waals surface area contributed by atoms with Crippen LogP contribution in [0.2, 0.25) is 0 Å². The fraction of sp³-hybridized carbons (Fsp3) is 0.111. The van der Waals surface area contributed by atoms with Crippen LogP contribution in [0.5, 0.6) is 0 Å². The lowest BCUT2D eigenvalue weighted by molar-refractivity contribution is -0.137. The molecular weight excluding hydrogens is 344 g/mol. The second kappa shape index (κ2) is 9.58. The summed E-state index contributed by atoms with van der Waals surface area (Å²) in [6.45, 7) is 0. The standard InChI is InChI=1S/2C9H8O4/c2*10-8(11)5-6-3-1-2-4-7(6)9(12)13/h2*1-4H,5H2,(H,10,11)(H,12,13). The van der Waals surface area contributed by atoms with Crippen molar-refractivity contribution < 1.29 is 39.6 Å². The molecule has 0 aliphatic carbocycles. The molecule has 0 heterocycles. The molecule has 2 aromatic rings. The molecule has 8 heteroatoms. The number of aliphatic carboxylic acids is 2. The summed E-state index contributed by atoms with van der Waals surface area (Å²) in [6, 6.07) is 12.1. The van der Waals surface area contributed by atoms with Gasteiger partial charge in [0.05, 0.1) is 24.0 Å². The summed E-state index contributed by atoms with van der Waals surface area (Å²) in [5, 5.41) is 34.3. The van der Waals surface area contributed by atoms with E-state index in [1.807, 2.05) is 0 Å². The van der Waals surface area contributed by atoms with Gasteiger partial charge in [-0.2, -0.15) is 0 Å². The molecule has 0 saturated carbocycles. The van der Waals surface area contributed by atoms with Crippen LogP contribution >= 0.6 is 0 Å². The smallest absolute Gasteiger partial charge is 0.335 e. The van der Waals surface area contributed by atoms with Crippen molar-refractivity contribution in [2.24, 2.45) is 0 Å². The van der Waals surface area contributed by atoms with Crippen LogP contribution in [-0.2, 0) is 22.4 Å². The minimum atomic E-state index is -1.10. The van der Waals surface area contributed by atoms with Crippen molar-refractivity contribution in [3.05, 3.63) is 70.8 Å². The summed E-state index contributed by atoms with van der Waals surface area (Å²) in [4.78, 5) is 41.9. The van der Waals surface area contributed by atoms with E-state index in [4.69, 9.17) is 20.4 Å². The first-order chi connectivity index (χ1) is 12.2. The Balaban J connectivity index is 0.000000260. The van der Waals surface area contributed by atoms with Crippen LogP contribution in [0.1, 0.15) is 31.8 Å². The van der Waals surface area contributed by atoms with E-state index in [1.165, 1.54) is 24.3 Å². The Morgan fingerprint density at radius 3 is 1.15 bits per heavy atom. The average Bonchev–Trinajstić information content (AvgIpc) is 2.55. The fourth-order valence-electron chi connectivity index (χ4n) is 2.09. The predicted molar refractivity (Wildman–Crippen MR) is 89.5 cm³/mol. The summed E-state index contributed by atoms with van der Waals surface area (Å²) in [6.07, 6.45) is -0.523. The summed E-state index contributed by atoms with van der Waals surface area (Å²) in [5.74, 6) is -4.27. The van der Waals surface area contributed by atoms with Crippen molar-refractivity contribution in [3.8, 4) is 0 Å². The van der Waals surface area contributed by atoms with E-state index in [-0.39, 0.29) is 24.0 Å². The van der Waals surface area contributed by atoms with E-state index in [9.17, 15) is 19.2 Å². The SMILES string of the molecule is O=C(O)Cc1ccccc1C(=O)O.O=C(O)Cc1ccccc1C(=O)O. The molecular formula is C18H16O8. The van der Waals surface area contributed by atoms with Crippen molar-refractivity contribution in [2.45, 2.75) is 12.8 Å². The monoisotopic (exact) mass is 360 g/mol. The summed E-state index contributed by atoms with van der Waals surface area (Å²) < 4.78 is 0. The number of hydrogen-bond acceptors (Lipinski definition) is 4. The van der Waals surface area contributed by atoms with E-state index >= 15 is 0 Å². The largest absolute Gasteiger partial charge is 0.481 e. The number of carboxylic acid groups (broad SMARTS) is 4. The third kappa shape index (κ3) is 6.44. The number of carboxylic acids is 4. The number of rotatable bonds is 6. The van der Waals surface area contributed by atoms with Crippen molar-refractivity contribution in [1.29, 1.82) is 0 Å². The highest BCUT2D eigenvalue weighted by Gasteiger charge is 2.11. The van der Waals surface area contributed by atoms with Gasteiger partial charge in [-0.25, -0.2) is 9.59 Å². The molecule has 0 saturated heterocycles. The topological polar surface area (TPSA) is 149 Å². The first-order valence-electron chi connectivity index (χ1n) is 7.28. The van der Waals surface area contributed by atoms with E-state index in [2.05, 4.69) is 0 Å². The van der Waals surface area contributed by atoms with Gasteiger partial charge >= 0.3 is 23.9 Å². The lowest BCUT2D eigenvalue weighted by Gasteiger charge is -2.01. The molecule has 0 bridgehead atoms. The van der Waals surface area contributed by atoms with E-state index in [1.54, 1.807) is 24.3 Å². The molecule has 0 aliphatic heterocycles. The van der Waals surface area contributed by atoms with Crippen molar-refractivity contribution in [1.82, 2.24) is 0 Å². The molecule has 26 heavy (non-hydrogen) atoms. The molecule has 0 fully saturated rings. The van der Waals surface area contributed by atoms with Crippen LogP contribution in [0.4, 0.5) is 0 Å². The molecule has 2 aromatic carbocycles. The summed E-state index contributed by atoms with van der Waals surface area (Å²) in [5.41, 5.74) is 0.736. The number of carbonyl (C=O) groups is 4. The van der Waals surface area contributed by atoms with E-state index in [0.717, 1.165) is 0 Å². The van der Waals surface area contributed by atoms with Gasteiger partial charge in [-0.05, 0) is 23.3 Å². The molecule has 0 amide bonds. The lowest BCUT2D eigenvalue weighted by Crippen LogP contribution is -2.07. The highest BCUT2D eigenvalue weighted by molar-refractivity contribution is 5.91. The molecule has 2 rings (SSSR count). The minimum Gasteiger partial charge on any atom is -0.481 e. The van der Waals surface area contributed by atoms with Gasteiger partial charge in [-0.1, -0.05) is 36.4 Å². The third-order valence-electron chi connectivity index (χ3n) is 3.18. The van der Waals surface area contributed by atoms with Gasteiger partial charge in [0.1, 0.15) is 0 Å². The van der Waals surface area contributed by atoms with Crippen LogP contribution in [0.3, 0.4) is 0 Å². The van der Waals surface area contributed by atoms with Crippen molar-refractivity contribution in [2.75, 3.05) is 0 Å². The Kier molecular flexibility index (Phi) is 7.50. The Morgan fingerprint density at radius 2 is 0.885 bits per heavy atom. The van der Waals surface area contributed by atoms with Gasteiger partial charge < -0.3 is 20.4 Å². The number of benzene rings is 2. The van der Waals surface area contributed by atoms with E-state index < -0.39 is 23.9 Å². The van der Waals surface area contributed by atoms with Crippen LogP contribution in [0.15, 0.2) is 48.5 Å². The quantitative estimate of drug-likeness (QED) is 0.611. The zero-order valence-corrected chi connectivity index (χ0v) is 13.5. The first kappa shape index (κ1) is 20.4. The van der Waals surface area contributed by atoms with Gasteiger partial charge in [0.2, 0.25) is 0 Å². The molecule has 8 nitrogen and oxygen atoms in total. The summed E-state index contributed by atoms with van der Waals surface area (Å²) in [7, 11) is 0. The summed E-state index contributed by atoms with van der Waals surface area (Å²) >= 11 is 0. The highest BCUT2D eigenvalue weighted by Crippen LogP contribution is 2.10. The molecule has 0 radical (unpaired) electrons. The highest BCUT2D eigenvalue weighted by atomic mass is 16.4. The van der Waals surface area contributed by atoms with Crippen LogP contribution in [-0.4, -0.2) is 44.3 Å².